The number of para-hydroxylation sites is 1. The fraction of sp³-hybridized carbons (Fsp3) is 0.111. The van der Waals surface area contributed by atoms with E-state index in [1.807, 2.05) is 71.4 Å². The predicted molar refractivity (Wildman–Crippen MR) is 93.8 cm³/mol. The Labute approximate surface area is 140 Å². The van der Waals surface area contributed by atoms with E-state index < -0.39 is 10.0 Å². The van der Waals surface area contributed by atoms with Crippen molar-refractivity contribution in [1.82, 2.24) is 4.57 Å². The van der Waals surface area contributed by atoms with Gasteiger partial charge in [-0.2, -0.15) is 0 Å². The molecule has 0 saturated heterocycles. The summed E-state index contributed by atoms with van der Waals surface area (Å²) in [6, 6.07) is 19.1. The van der Waals surface area contributed by atoms with Crippen LogP contribution in [-0.4, -0.2) is 18.7 Å². The van der Waals surface area contributed by atoms with Gasteiger partial charge in [0.05, 0.1) is 5.75 Å². The van der Waals surface area contributed by atoms with Crippen molar-refractivity contribution in [3.63, 3.8) is 0 Å². The number of anilines is 1. The molecule has 0 amide bonds. The monoisotopic (exact) mass is 340 g/mol. The molecule has 0 aliphatic carbocycles. The summed E-state index contributed by atoms with van der Waals surface area (Å²) in [6.07, 6.45) is 1.90. The Morgan fingerprint density at radius 1 is 0.917 bits per heavy atom. The lowest BCUT2D eigenvalue weighted by atomic mass is 10.1. The van der Waals surface area contributed by atoms with Crippen LogP contribution in [0.2, 0.25) is 0 Å². The molecule has 3 aromatic rings. The average molecular weight is 340 g/mol. The van der Waals surface area contributed by atoms with Crippen LogP contribution < -0.4 is 9.46 Å². The van der Waals surface area contributed by atoms with E-state index in [2.05, 4.69) is 4.72 Å². The summed E-state index contributed by atoms with van der Waals surface area (Å²) in [7, 11) is -3.24. The standard InChI is InChI=1S/C18H16N2O3S/c21-24(22)13-12-20-11-10-17(18(20)19-24)14-6-8-16(9-7-14)23-15-4-2-1-3-5-15/h1-11,19H,12-13H2. The van der Waals surface area contributed by atoms with Gasteiger partial charge in [0.2, 0.25) is 10.0 Å². The molecule has 5 nitrogen and oxygen atoms in total. The molecule has 0 spiro atoms. The van der Waals surface area contributed by atoms with Crippen molar-refractivity contribution in [2.75, 3.05) is 10.5 Å². The Bertz CT molecular complexity index is 961. The van der Waals surface area contributed by atoms with Crippen LogP contribution in [0.15, 0.2) is 66.9 Å². The number of sulfonamides is 1. The Kier molecular flexibility index (Phi) is 3.54. The lowest BCUT2D eigenvalue weighted by molar-refractivity contribution is 0.483. The zero-order valence-electron chi connectivity index (χ0n) is 12.8. The van der Waals surface area contributed by atoms with Crippen LogP contribution >= 0.6 is 0 Å². The third-order valence-corrected chi connectivity index (χ3v) is 5.19. The number of rotatable bonds is 3. The number of nitrogens with one attached hydrogen (secondary N) is 1. The molecule has 0 saturated carbocycles. The molecular weight excluding hydrogens is 324 g/mol. The highest BCUT2D eigenvalue weighted by Gasteiger charge is 2.22. The van der Waals surface area contributed by atoms with E-state index in [0.29, 0.717) is 12.4 Å². The second-order valence-corrected chi connectivity index (χ2v) is 7.47. The topological polar surface area (TPSA) is 60.3 Å². The smallest absolute Gasteiger partial charge is 0.235 e. The fourth-order valence-corrected chi connectivity index (χ4v) is 3.81. The number of ether oxygens (including phenoxy) is 1. The summed E-state index contributed by atoms with van der Waals surface area (Å²) in [5.74, 6) is 2.24. The largest absolute Gasteiger partial charge is 0.457 e. The molecule has 4 rings (SSSR count). The number of fused-ring (bicyclic) bond motifs is 1. The molecular formula is C18H16N2O3S. The first-order valence-electron chi connectivity index (χ1n) is 7.64. The van der Waals surface area contributed by atoms with Gasteiger partial charge in [-0.3, -0.25) is 4.72 Å². The number of hydrogen-bond donors (Lipinski definition) is 1. The molecule has 0 fully saturated rings. The molecule has 0 radical (unpaired) electrons. The van der Waals surface area contributed by atoms with Gasteiger partial charge >= 0.3 is 0 Å². The average Bonchev–Trinajstić information content (AvgIpc) is 2.98. The Hall–Kier alpha value is -2.73. The zero-order chi connectivity index (χ0) is 16.6. The van der Waals surface area contributed by atoms with Gasteiger partial charge in [0.15, 0.2) is 0 Å². The summed E-state index contributed by atoms with van der Waals surface area (Å²) in [5.41, 5.74) is 1.80. The van der Waals surface area contributed by atoms with Gasteiger partial charge < -0.3 is 9.30 Å². The van der Waals surface area contributed by atoms with Crippen LogP contribution in [0.5, 0.6) is 11.5 Å². The van der Waals surface area contributed by atoms with E-state index in [1.54, 1.807) is 0 Å². The van der Waals surface area contributed by atoms with Gasteiger partial charge in [0, 0.05) is 18.3 Å². The van der Waals surface area contributed by atoms with Gasteiger partial charge in [-0.1, -0.05) is 30.3 Å². The summed E-state index contributed by atoms with van der Waals surface area (Å²) in [4.78, 5) is 0. The molecule has 0 bridgehead atoms. The van der Waals surface area contributed by atoms with E-state index in [9.17, 15) is 8.42 Å². The molecule has 1 aliphatic rings. The van der Waals surface area contributed by atoms with Crippen LogP contribution in [0, 0.1) is 0 Å². The van der Waals surface area contributed by atoms with Crippen LogP contribution in [0.4, 0.5) is 5.82 Å². The summed E-state index contributed by atoms with van der Waals surface area (Å²) < 4.78 is 34.0. The van der Waals surface area contributed by atoms with Crippen molar-refractivity contribution >= 4 is 15.8 Å². The Morgan fingerprint density at radius 3 is 2.38 bits per heavy atom. The molecule has 1 N–H and O–H groups in total. The molecule has 2 aromatic carbocycles. The first-order chi connectivity index (χ1) is 11.6. The van der Waals surface area contributed by atoms with Crippen molar-refractivity contribution in [2.24, 2.45) is 0 Å². The van der Waals surface area contributed by atoms with E-state index in [4.69, 9.17) is 4.74 Å². The fourth-order valence-electron chi connectivity index (χ4n) is 2.75. The molecule has 122 valence electrons. The normalized spacial score (nSPS) is 15.3. The molecule has 0 unspecified atom stereocenters. The molecule has 1 aromatic heterocycles. The highest BCUT2D eigenvalue weighted by molar-refractivity contribution is 7.92. The lowest BCUT2D eigenvalue weighted by Crippen LogP contribution is -2.27. The number of aromatic nitrogens is 1. The van der Waals surface area contributed by atoms with Crippen molar-refractivity contribution in [1.29, 1.82) is 0 Å². The van der Waals surface area contributed by atoms with Crippen molar-refractivity contribution in [2.45, 2.75) is 6.54 Å². The van der Waals surface area contributed by atoms with E-state index >= 15 is 0 Å². The quantitative estimate of drug-likeness (QED) is 0.791. The maximum absolute atomic E-state index is 11.8. The third kappa shape index (κ3) is 2.88. The van der Waals surface area contributed by atoms with Crippen LogP contribution in [-0.2, 0) is 16.6 Å². The van der Waals surface area contributed by atoms with Crippen LogP contribution in [0.1, 0.15) is 0 Å². The maximum Gasteiger partial charge on any atom is 0.235 e. The highest BCUT2D eigenvalue weighted by Crippen LogP contribution is 2.33. The minimum Gasteiger partial charge on any atom is -0.457 e. The second kappa shape index (κ2) is 5.72. The number of benzene rings is 2. The van der Waals surface area contributed by atoms with Crippen molar-refractivity contribution < 1.29 is 13.2 Å². The summed E-state index contributed by atoms with van der Waals surface area (Å²) in [6.45, 7) is 0.472. The number of nitrogens with zero attached hydrogens (tertiary/aromatic N) is 1. The molecule has 1 aliphatic heterocycles. The molecule has 0 atom stereocenters. The van der Waals surface area contributed by atoms with Gasteiger partial charge in [0.25, 0.3) is 0 Å². The molecule has 6 heteroatoms. The van der Waals surface area contributed by atoms with Gasteiger partial charge in [0.1, 0.15) is 17.3 Å². The maximum atomic E-state index is 11.8. The second-order valence-electron chi connectivity index (χ2n) is 5.63. The minimum atomic E-state index is -3.24. The lowest BCUT2D eigenvalue weighted by Gasteiger charge is -2.19. The predicted octanol–water partition coefficient (Wildman–Crippen LogP) is 3.70. The SMILES string of the molecule is O=S1(=O)CCn2ccc(-c3ccc(Oc4ccccc4)cc3)c2N1. The van der Waals surface area contributed by atoms with E-state index in [1.165, 1.54) is 0 Å². The minimum absolute atomic E-state index is 0.109. The molecule has 24 heavy (non-hydrogen) atoms. The summed E-state index contributed by atoms with van der Waals surface area (Å²) >= 11 is 0. The van der Waals surface area contributed by atoms with Crippen molar-refractivity contribution in [3.05, 3.63) is 66.9 Å². The number of hydrogen-bond acceptors (Lipinski definition) is 3. The number of aryl methyl sites for hydroxylation is 1. The van der Waals surface area contributed by atoms with E-state index in [-0.39, 0.29) is 5.75 Å². The van der Waals surface area contributed by atoms with Gasteiger partial charge in [-0.25, -0.2) is 8.42 Å². The van der Waals surface area contributed by atoms with Crippen molar-refractivity contribution in [3.8, 4) is 22.6 Å². The van der Waals surface area contributed by atoms with Crippen LogP contribution in [0.25, 0.3) is 11.1 Å². The zero-order valence-corrected chi connectivity index (χ0v) is 13.7. The van der Waals surface area contributed by atoms with Gasteiger partial charge in [-0.15, -0.1) is 0 Å². The Morgan fingerprint density at radius 2 is 1.62 bits per heavy atom. The van der Waals surface area contributed by atoms with Crippen LogP contribution in [0.3, 0.4) is 0 Å². The summed E-state index contributed by atoms with van der Waals surface area (Å²) in [5, 5.41) is 0. The first-order valence-corrected chi connectivity index (χ1v) is 9.29. The molecule has 2 heterocycles. The Balaban J connectivity index is 1.61. The van der Waals surface area contributed by atoms with E-state index in [0.717, 1.165) is 22.6 Å². The highest BCUT2D eigenvalue weighted by atomic mass is 32.2. The van der Waals surface area contributed by atoms with Gasteiger partial charge in [-0.05, 0) is 35.9 Å². The first kappa shape index (κ1) is 14.8. The third-order valence-electron chi connectivity index (χ3n) is 3.96.